The molecule has 3 unspecified atom stereocenters. The van der Waals surface area contributed by atoms with Gasteiger partial charge in [0.05, 0.1) is 31.0 Å². The quantitative estimate of drug-likeness (QED) is 0.191. The molecule has 0 radical (unpaired) electrons. The highest BCUT2D eigenvalue weighted by molar-refractivity contribution is 6.75. The summed E-state index contributed by atoms with van der Waals surface area (Å²) in [6.07, 6.45) is 0.347. The van der Waals surface area contributed by atoms with Crippen molar-refractivity contribution in [2.75, 3.05) is 13.2 Å². The van der Waals surface area contributed by atoms with Crippen LogP contribution in [0.1, 0.15) is 105 Å². The smallest absolute Gasteiger partial charge is 0.192 e. The molecule has 6 nitrogen and oxygen atoms in total. The number of nitrogens with two attached hydrogens (primary N) is 1. The third-order valence-corrected chi connectivity index (χ3v) is 32.1. The lowest BCUT2D eigenvalue weighted by Gasteiger charge is -2.56. The van der Waals surface area contributed by atoms with Gasteiger partial charge in [-0.15, -0.1) is 0 Å². The Morgan fingerprint density at radius 2 is 0.891 bits per heavy atom. The zero-order valence-electron chi connectivity index (χ0n) is 39.1. The highest BCUT2D eigenvalue weighted by Crippen LogP contribution is 2.46. The molecule has 10 heteroatoms. The number of likely N-dealkylation sites (tertiary alicyclic amines) is 1. The molecule has 4 atom stereocenters. The lowest BCUT2D eigenvalue weighted by molar-refractivity contribution is -0.130. The normalized spacial score (nSPS) is 21.6. The number of piperidine rings is 1. The van der Waals surface area contributed by atoms with E-state index in [4.69, 9.17) is 23.4 Å². The second kappa shape index (κ2) is 17.3. The summed E-state index contributed by atoms with van der Waals surface area (Å²) in [6, 6.07) is 17.9. The molecule has 0 aromatic heterocycles. The van der Waals surface area contributed by atoms with Crippen LogP contribution in [0.15, 0.2) is 48.5 Å². The maximum Gasteiger partial charge on any atom is 0.192 e. The molecule has 1 heterocycles. The van der Waals surface area contributed by atoms with E-state index in [1.54, 1.807) is 0 Å². The topological polar surface area (TPSA) is 66.2 Å². The molecule has 0 amide bonds. The van der Waals surface area contributed by atoms with Crippen LogP contribution in [0.5, 0.6) is 0 Å². The van der Waals surface area contributed by atoms with E-state index in [0.717, 1.165) is 25.1 Å². The van der Waals surface area contributed by atoms with Crippen LogP contribution in [0.3, 0.4) is 0 Å². The van der Waals surface area contributed by atoms with Gasteiger partial charge in [0.25, 0.3) is 0 Å². The second-order valence-electron chi connectivity index (χ2n) is 22.7. The number of rotatable bonds is 14. The molecule has 0 saturated carbocycles. The predicted molar refractivity (Wildman–Crippen MR) is 247 cm³/mol. The maximum atomic E-state index is 7.74. The first-order valence-corrected chi connectivity index (χ1v) is 32.6. The first-order chi connectivity index (χ1) is 24.7. The number of benzene rings is 2. The SMILES string of the molecule is CC(C)(C)[Si](C)(C)OC[C@@H]1C(O[Si](C)(C)C(C)(C)C)C(O[Si](C)(C)C(C)(C)C)C(O[Si](C)(C)C(C)(C)C)CN1Cc1ccc(Cc2ccc(CN)cc2)cc1. The summed E-state index contributed by atoms with van der Waals surface area (Å²) < 4.78 is 30.2. The zero-order chi connectivity index (χ0) is 42.2. The van der Waals surface area contributed by atoms with Crippen molar-refractivity contribution in [1.82, 2.24) is 4.90 Å². The van der Waals surface area contributed by atoms with Crippen LogP contribution < -0.4 is 5.73 Å². The Balaban J connectivity index is 2.20. The summed E-state index contributed by atoms with van der Waals surface area (Å²) >= 11 is 0. The van der Waals surface area contributed by atoms with Crippen LogP contribution in [0, 0.1) is 0 Å². The predicted octanol–water partition coefficient (Wildman–Crippen LogP) is 12.1. The standard InChI is InChI=1S/C45H84N2O4Si4/c1-42(2,3)52(13,14)48-33-38-40(50-54(17,18)44(7,8)9)41(51-55(19,20)45(10,11)12)39(49-53(15,16)43(4,5)6)32-47(38)31-37-27-23-35(24-28-37)29-34-21-25-36(30-46)26-22-34/h21-28,38-41H,29-33,46H2,1-20H3/t38-,39?,40?,41?/m1/s1. The van der Waals surface area contributed by atoms with E-state index in [0.29, 0.717) is 13.2 Å². The monoisotopic (exact) mass is 829 g/mol. The molecule has 1 aliphatic heterocycles. The molecule has 1 fully saturated rings. The van der Waals surface area contributed by atoms with E-state index >= 15 is 0 Å². The fourth-order valence-corrected chi connectivity index (χ4v) is 11.0. The van der Waals surface area contributed by atoms with E-state index in [1.165, 1.54) is 16.7 Å². The molecule has 0 bridgehead atoms. The lowest BCUT2D eigenvalue weighted by atomic mass is 9.93. The van der Waals surface area contributed by atoms with Crippen molar-refractivity contribution in [3.8, 4) is 0 Å². The van der Waals surface area contributed by atoms with E-state index in [1.807, 2.05) is 0 Å². The Kier molecular flexibility index (Phi) is 15.3. The molecule has 3 rings (SSSR count). The minimum Gasteiger partial charge on any atom is -0.415 e. The lowest BCUT2D eigenvalue weighted by Crippen LogP contribution is -2.70. The van der Waals surface area contributed by atoms with Gasteiger partial charge in [-0.3, -0.25) is 4.90 Å². The van der Waals surface area contributed by atoms with Crippen LogP contribution in [0.25, 0.3) is 0 Å². The molecule has 1 aliphatic rings. The van der Waals surface area contributed by atoms with Crippen molar-refractivity contribution in [3.63, 3.8) is 0 Å². The van der Waals surface area contributed by atoms with Crippen LogP contribution >= 0.6 is 0 Å². The van der Waals surface area contributed by atoms with Gasteiger partial charge in [-0.2, -0.15) is 0 Å². The van der Waals surface area contributed by atoms with Crippen LogP contribution in [0.2, 0.25) is 72.5 Å². The average molecular weight is 830 g/mol. The van der Waals surface area contributed by atoms with E-state index < -0.39 is 33.3 Å². The van der Waals surface area contributed by atoms with E-state index in [2.05, 4.69) is 189 Å². The van der Waals surface area contributed by atoms with Crippen molar-refractivity contribution < 1.29 is 17.7 Å². The first kappa shape index (κ1) is 48.4. The van der Waals surface area contributed by atoms with Crippen LogP contribution in [0.4, 0.5) is 0 Å². The summed E-state index contributed by atoms with van der Waals surface area (Å²) in [5.41, 5.74) is 10.9. The maximum absolute atomic E-state index is 7.74. The van der Waals surface area contributed by atoms with Gasteiger partial charge in [0.15, 0.2) is 33.3 Å². The van der Waals surface area contributed by atoms with Gasteiger partial charge in [-0.25, -0.2) is 0 Å². The summed E-state index contributed by atoms with van der Waals surface area (Å²) in [5, 5.41) is 0.206. The number of hydrogen-bond acceptors (Lipinski definition) is 6. The van der Waals surface area contributed by atoms with E-state index in [9.17, 15) is 0 Å². The molecule has 2 aromatic carbocycles. The molecule has 0 aliphatic carbocycles. The molecule has 55 heavy (non-hydrogen) atoms. The minimum atomic E-state index is -2.29. The molecule has 1 saturated heterocycles. The number of hydrogen-bond donors (Lipinski definition) is 1. The first-order valence-electron chi connectivity index (χ1n) is 21.0. The zero-order valence-corrected chi connectivity index (χ0v) is 43.1. The Bertz CT molecular complexity index is 1510. The minimum absolute atomic E-state index is 0.00183. The van der Waals surface area contributed by atoms with Gasteiger partial charge in [-0.05, 0) is 101 Å². The van der Waals surface area contributed by atoms with E-state index in [-0.39, 0.29) is 44.5 Å². The van der Waals surface area contributed by atoms with Gasteiger partial charge in [0.2, 0.25) is 0 Å². The number of nitrogens with zero attached hydrogens (tertiary/aromatic N) is 1. The Hall–Kier alpha value is -0.932. The molecule has 0 spiro atoms. The summed E-state index contributed by atoms with van der Waals surface area (Å²) in [7, 11) is -8.87. The summed E-state index contributed by atoms with van der Waals surface area (Å²) in [6.45, 7) is 50.0. The van der Waals surface area contributed by atoms with Gasteiger partial charge in [0.1, 0.15) is 0 Å². The van der Waals surface area contributed by atoms with Crippen molar-refractivity contribution in [3.05, 3.63) is 70.8 Å². The van der Waals surface area contributed by atoms with Crippen LogP contribution in [-0.4, -0.2) is 75.7 Å². The third-order valence-electron chi connectivity index (χ3n) is 14.2. The molecular weight excluding hydrogens is 745 g/mol. The molecule has 2 N–H and O–H groups in total. The second-order valence-corrected chi connectivity index (χ2v) is 41.8. The van der Waals surface area contributed by atoms with Gasteiger partial charge < -0.3 is 23.4 Å². The fourth-order valence-electron chi connectivity index (χ4n) is 6.01. The highest BCUT2D eigenvalue weighted by Gasteiger charge is 2.55. The summed E-state index contributed by atoms with van der Waals surface area (Å²) in [4.78, 5) is 2.65. The van der Waals surface area contributed by atoms with Gasteiger partial charge in [0, 0.05) is 19.6 Å². The van der Waals surface area contributed by atoms with Crippen molar-refractivity contribution in [1.29, 1.82) is 0 Å². The Morgan fingerprint density at radius 3 is 1.29 bits per heavy atom. The van der Waals surface area contributed by atoms with Crippen molar-refractivity contribution in [2.45, 2.75) is 199 Å². The van der Waals surface area contributed by atoms with Gasteiger partial charge >= 0.3 is 0 Å². The van der Waals surface area contributed by atoms with Crippen molar-refractivity contribution >= 4 is 33.3 Å². The van der Waals surface area contributed by atoms with Crippen molar-refractivity contribution in [2.24, 2.45) is 5.73 Å². The third kappa shape index (κ3) is 12.3. The highest BCUT2D eigenvalue weighted by atomic mass is 28.4. The molecule has 2 aromatic rings. The Labute approximate surface area is 343 Å². The Morgan fingerprint density at radius 1 is 0.527 bits per heavy atom. The average Bonchev–Trinajstić information content (AvgIpc) is 3.01. The van der Waals surface area contributed by atoms with Gasteiger partial charge in [-0.1, -0.05) is 132 Å². The summed E-state index contributed by atoms with van der Waals surface area (Å²) in [5.74, 6) is 0. The molecule has 314 valence electrons. The largest absolute Gasteiger partial charge is 0.415 e. The fraction of sp³-hybridized carbons (Fsp3) is 0.733. The van der Waals surface area contributed by atoms with Crippen LogP contribution in [-0.2, 0) is 37.2 Å². The molecular formula is C45H84N2O4Si4.